The van der Waals surface area contributed by atoms with Crippen molar-refractivity contribution in [2.45, 2.75) is 57.3 Å². The number of ether oxygens (including phenoxy) is 1. The Morgan fingerprint density at radius 3 is 2.33 bits per heavy atom. The molecule has 1 N–H and O–H groups in total. The number of esters is 1. The molecule has 0 bridgehead atoms. The molecule has 0 aliphatic carbocycles. The van der Waals surface area contributed by atoms with E-state index in [2.05, 4.69) is 4.72 Å². The summed E-state index contributed by atoms with van der Waals surface area (Å²) in [6.07, 6.45) is 0. The maximum absolute atomic E-state index is 15.3. The van der Waals surface area contributed by atoms with Crippen molar-refractivity contribution in [3.05, 3.63) is 51.8 Å². The van der Waals surface area contributed by atoms with Crippen molar-refractivity contribution in [1.29, 1.82) is 0 Å². The van der Waals surface area contributed by atoms with E-state index in [-0.39, 0.29) is 38.3 Å². The van der Waals surface area contributed by atoms with Crippen molar-refractivity contribution < 1.29 is 31.6 Å². The fraction of sp³-hybridized carbons (Fsp3) is 0.381. The molecule has 0 amide bonds. The molecule has 0 atom stereocenters. The molecule has 1 aliphatic heterocycles. The molecule has 3 rings (SSSR count). The highest BCUT2D eigenvalue weighted by Gasteiger charge is 2.52. The van der Waals surface area contributed by atoms with Gasteiger partial charge in [-0.2, -0.15) is 0 Å². The number of anilines is 1. The molecule has 2 aromatic rings. The molecule has 0 unspecified atom stereocenters. The molecule has 178 valence electrons. The summed E-state index contributed by atoms with van der Waals surface area (Å²) in [6, 6.07) is 6.70. The van der Waals surface area contributed by atoms with Crippen LogP contribution in [0.3, 0.4) is 0 Å². The van der Waals surface area contributed by atoms with Crippen LogP contribution >= 0.6 is 23.2 Å². The van der Waals surface area contributed by atoms with Gasteiger partial charge in [-0.3, -0.25) is 9.52 Å². The van der Waals surface area contributed by atoms with Gasteiger partial charge in [0.2, 0.25) is 0 Å². The molecule has 1 heterocycles. The van der Waals surface area contributed by atoms with E-state index in [4.69, 9.17) is 37.2 Å². The lowest BCUT2D eigenvalue weighted by atomic mass is 9.78. The van der Waals surface area contributed by atoms with Crippen LogP contribution in [0.2, 0.25) is 10.0 Å². The molecule has 7 nitrogen and oxygen atoms in total. The number of halogens is 3. The van der Waals surface area contributed by atoms with Crippen molar-refractivity contribution >= 4 is 57.5 Å². The van der Waals surface area contributed by atoms with E-state index in [1.165, 1.54) is 31.2 Å². The number of benzene rings is 2. The Kier molecular flexibility index (Phi) is 7.08. The van der Waals surface area contributed by atoms with E-state index < -0.39 is 40.1 Å². The first-order valence-corrected chi connectivity index (χ1v) is 12.2. The minimum atomic E-state index is -4.36. The molecule has 1 aliphatic rings. The number of rotatable bonds is 6. The van der Waals surface area contributed by atoms with Crippen LogP contribution in [-0.4, -0.2) is 32.7 Å². The summed E-state index contributed by atoms with van der Waals surface area (Å²) < 4.78 is 60.3. The van der Waals surface area contributed by atoms with Gasteiger partial charge in [-0.1, -0.05) is 35.3 Å². The summed E-state index contributed by atoms with van der Waals surface area (Å²) in [6.45, 7) is 8.23. The van der Waals surface area contributed by atoms with Crippen molar-refractivity contribution in [2.24, 2.45) is 0 Å². The smallest absolute Gasteiger partial charge is 0.461 e. The Morgan fingerprint density at radius 2 is 1.76 bits per heavy atom. The Labute approximate surface area is 202 Å². The Balaban J connectivity index is 1.95. The van der Waals surface area contributed by atoms with Crippen molar-refractivity contribution in [1.82, 2.24) is 0 Å². The van der Waals surface area contributed by atoms with Gasteiger partial charge in [0.15, 0.2) is 0 Å². The molecule has 1 saturated heterocycles. The highest BCUT2D eigenvalue weighted by atomic mass is 35.5. The first-order chi connectivity index (χ1) is 15.1. The Morgan fingerprint density at radius 1 is 1.15 bits per heavy atom. The van der Waals surface area contributed by atoms with E-state index in [0.29, 0.717) is 0 Å². The van der Waals surface area contributed by atoms with E-state index in [9.17, 15) is 13.2 Å². The number of nitrogens with one attached hydrogen (secondary N) is 1. The minimum Gasteiger partial charge on any atom is -0.461 e. The quantitative estimate of drug-likeness (QED) is 0.454. The van der Waals surface area contributed by atoms with Gasteiger partial charge in [0.1, 0.15) is 17.3 Å². The highest BCUT2D eigenvalue weighted by Crippen LogP contribution is 2.37. The molecule has 0 saturated carbocycles. The first-order valence-electron chi connectivity index (χ1n) is 9.93. The standard InChI is InChI=1S/C21H23BCl2FNO6S/c1-12(27)30-11-13-9-14(23)10-17(18(13)24)33(28,29)26-16-8-6-7-15(19(16)25)22-31-20(2,3)21(4,5)32-22/h6-10,26H,11H2,1-5H3. The number of hydrogen-bond acceptors (Lipinski definition) is 6. The topological polar surface area (TPSA) is 90.9 Å². The van der Waals surface area contributed by atoms with E-state index in [1.807, 2.05) is 27.7 Å². The monoisotopic (exact) mass is 517 g/mol. The average molecular weight is 518 g/mol. The lowest BCUT2D eigenvalue weighted by Crippen LogP contribution is -2.41. The summed E-state index contributed by atoms with van der Waals surface area (Å²) in [4.78, 5) is 10.7. The number of carbonyl (C=O) groups is 1. The first kappa shape index (κ1) is 25.8. The predicted molar refractivity (Wildman–Crippen MR) is 125 cm³/mol. The minimum absolute atomic E-state index is 0.0431. The number of carbonyl (C=O) groups excluding carboxylic acids is 1. The fourth-order valence-corrected chi connectivity index (χ4v) is 5.06. The van der Waals surface area contributed by atoms with Crippen LogP contribution < -0.4 is 10.2 Å². The number of sulfonamides is 1. The van der Waals surface area contributed by atoms with Crippen LogP contribution in [0.5, 0.6) is 0 Å². The van der Waals surface area contributed by atoms with Crippen LogP contribution in [-0.2, 0) is 35.5 Å². The van der Waals surface area contributed by atoms with Crippen molar-refractivity contribution in [2.75, 3.05) is 4.72 Å². The van der Waals surface area contributed by atoms with Crippen LogP contribution in [0.1, 0.15) is 40.2 Å². The molecular weight excluding hydrogens is 495 g/mol. The lowest BCUT2D eigenvalue weighted by Gasteiger charge is -2.32. The van der Waals surface area contributed by atoms with Crippen LogP contribution in [0, 0.1) is 5.82 Å². The van der Waals surface area contributed by atoms with Gasteiger partial charge in [-0.25, -0.2) is 12.8 Å². The SMILES string of the molecule is CC(=O)OCc1cc(Cl)cc(S(=O)(=O)Nc2cccc(B3OC(C)(C)C(C)(C)O3)c2F)c1Cl. The van der Waals surface area contributed by atoms with Gasteiger partial charge in [0, 0.05) is 23.0 Å². The van der Waals surface area contributed by atoms with Gasteiger partial charge in [0.05, 0.1) is 21.9 Å². The van der Waals surface area contributed by atoms with E-state index in [1.54, 1.807) is 0 Å². The third-order valence-electron chi connectivity index (χ3n) is 5.58. The molecule has 33 heavy (non-hydrogen) atoms. The van der Waals surface area contributed by atoms with Gasteiger partial charge < -0.3 is 14.0 Å². The summed E-state index contributed by atoms with van der Waals surface area (Å²) in [5.74, 6) is -1.42. The number of hydrogen-bond donors (Lipinski definition) is 1. The summed E-state index contributed by atoms with van der Waals surface area (Å²) in [5, 5.41) is -0.149. The second kappa shape index (κ2) is 9.07. The van der Waals surface area contributed by atoms with Crippen LogP contribution in [0.15, 0.2) is 35.2 Å². The van der Waals surface area contributed by atoms with Crippen LogP contribution in [0.25, 0.3) is 0 Å². The molecule has 0 radical (unpaired) electrons. The molecule has 1 fully saturated rings. The van der Waals surface area contributed by atoms with E-state index >= 15 is 4.39 Å². The third kappa shape index (κ3) is 5.30. The summed E-state index contributed by atoms with van der Waals surface area (Å²) in [7, 11) is -5.39. The second-order valence-corrected chi connectivity index (χ2v) is 11.0. The van der Waals surface area contributed by atoms with Crippen molar-refractivity contribution in [3.8, 4) is 0 Å². The predicted octanol–water partition coefficient (Wildman–Crippen LogP) is 4.30. The summed E-state index contributed by atoms with van der Waals surface area (Å²) >= 11 is 12.3. The molecule has 12 heteroatoms. The average Bonchev–Trinajstić information content (AvgIpc) is 2.90. The van der Waals surface area contributed by atoms with Crippen molar-refractivity contribution in [3.63, 3.8) is 0 Å². The maximum Gasteiger partial charge on any atom is 0.497 e. The zero-order chi connectivity index (χ0) is 24.8. The molecular formula is C21H23BCl2FNO6S. The summed E-state index contributed by atoms with van der Waals surface area (Å²) in [5.41, 5.74) is -1.49. The Bertz CT molecular complexity index is 1190. The zero-order valence-electron chi connectivity index (χ0n) is 18.7. The largest absolute Gasteiger partial charge is 0.497 e. The molecule has 0 spiro atoms. The van der Waals surface area contributed by atoms with Gasteiger partial charge in [0.25, 0.3) is 10.0 Å². The maximum atomic E-state index is 15.3. The van der Waals surface area contributed by atoms with Crippen LogP contribution in [0.4, 0.5) is 10.1 Å². The normalized spacial score (nSPS) is 17.2. The molecule has 0 aromatic heterocycles. The highest BCUT2D eigenvalue weighted by molar-refractivity contribution is 7.92. The third-order valence-corrected chi connectivity index (χ3v) is 7.75. The van der Waals surface area contributed by atoms with Gasteiger partial charge in [-0.15, -0.1) is 0 Å². The van der Waals surface area contributed by atoms with Gasteiger partial charge in [-0.05, 0) is 45.9 Å². The Hall–Kier alpha value is -1.85. The lowest BCUT2D eigenvalue weighted by molar-refractivity contribution is -0.142. The fourth-order valence-electron chi connectivity index (χ4n) is 3.08. The van der Waals surface area contributed by atoms with E-state index in [0.717, 1.165) is 6.07 Å². The van der Waals surface area contributed by atoms with Gasteiger partial charge >= 0.3 is 13.1 Å². The molecule has 2 aromatic carbocycles. The zero-order valence-corrected chi connectivity index (χ0v) is 21.0. The second-order valence-electron chi connectivity index (χ2n) is 8.56.